The van der Waals surface area contributed by atoms with Gasteiger partial charge in [-0.15, -0.1) is 0 Å². The van der Waals surface area contributed by atoms with Gasteiger partial charge in [0.05, 0.1) is 6.04 Å². The van der Waals surface area contributed by atoms with Gasteiger partial charge < -0.3 is 15.6 Å². The number of carbonyl (C=O) groups excluding carboxylic acids is 2. The Hall–Kier alpha value is -1.89. The van der Waals surface area contributed by atoms with Crippen LogP contribution in [0.1, 0.15) is 19.8 Å². The third kappa shape index (κ3) is 1.86. The predicted molar refractivity (Wildman–Crippen MR) is 59.1 cm³/mol. The fourth-order valence-corrected chi connectivity index (χ4v) is 2.35. The lowest BCUT2D eigenvalue weighted by atomic mass is 9.84. The Morgan fingerprint density at radius 3 is 2.78 bits per heavy atom. The summed E-state index contributed by atoms with van der Waals surface area (Å²) >= 11 is 0. The molecule has 0 radical (unpaired) electrons. The van der Waals surface area contributed by atoms with Crippen molar-refractivity contribution in [3.05, 3.63) is 11.3 Å². The number of hydrogen-bond acceptors (Lipinski definition) is 5. The Bertz CT molecular complexity index is 456. The molecule has 2 atom stereocenters. The summed E-state index contributed by atoms with van der Waals surface area (Å²) in [5, 5.41) is 9.17. The van der Waals surface area contributed by atoms with E-state index in [0.29, 0.717) is 18.4 Å². The first kappa shape index (κ1) is 12.6. The number of esters is 1. The van der Waals surface area contributed by atoms with Gasteiger partial charge in [-0.25, -0.2) is 4.79 Å². The molecule has 2 aliphatic rings. The van der Waals surface area contributed by atoms with Gasteiger partial charge in [0.1, 0.15) is 18.3 Å². The van der Waals surface area contributed by atoms with Crippen LogP contribution in [0.4, 0.5) is 0 Å². The quantitative estimate of drug-likeness (QED) is 0.505. The van der Waals surface area contributed by atoms with Gasteiger partial charge >= 0.3 is 11.9 Å². The minimum atomic E-state index is -1.19. The highest BCUT2D eigenvalue weighted by atomic mass is 16.5. The number of rotatable bonds is 3. The number of amides is 1. The molecule has 2 heterocycles. The minimum Gasteiger partial charge on any atom is -0.477 e. The van der Waals surface area contributed by atoms with Gasteiger partial charge in [-0.1, -0.05) is 0 Å². The van der Waals surface area contributed by atoms with Crippen LogP contribution in [0.5, 0.6) is 0 Å². The fourth-order valence-electron chi connectivity index (χ4n) is 2.35. The number of carboxylic acids is 1. The van der Waals surface area contributed by atoms with Crippen LogP contribution in [0.25, 0.3) is 0 Å². The molecule has 0 aliphatic carbocycles. The van der Waals surface area contributed by atoms with Crippen molar-refractivity contribution in [1.82, 2.24) is 4.90 Å². The number of carboxylic acid groups (broad SMARTS) is 1. The molecule has 2 rings (SSSR count). The third-order valence-electron chi connectivity index (χ3n) is 3.24. The van der Waals surface area contributed by atoms with Gasteiger partial charge in [0.25, 0.3) is 0 Å². The molecule has 2 unspecified atom stereocenters. The van der Waals surface area contributed by atoms with Crippen LogP contribution in [0.2, 0.25) is 0 Å². The molecule has 0 aromatic carbocycles. The monoisotopic (exact) mass is 254 g/mol. The van der Waals surface area contributed by atoms with E-state index in [4.69, 9.17) is 15.6 Å². The highest BCUT2D eigenvalue weighted by molar-refractivity contribution is 6.00. The third-order valence-corrected chi connectivity index (χ3v) is 3.24. The molecule has 0 bridgehead atoms. The van der Waals surface area contributed by atoms with E-state index in [1.807, 2.05) is 0 Å². The number of β-lactam (4-membered cyclic amide) rings is 1. The lowest BCUT2D eigenvalue weighted by Crippen LogP contribution is -2.69. The second-order valence-corrected chi connectivity index (χ2v) is 4.38. The molecule has 0 aromatic heterocycles. The van der Waals surface area contributed by atoms with E-state index in [1.165, 1.54) is 11.8 Å². The highest BCUT2D eigenvalue weighted by Crippen LogP contribution is 2.35. The maximum atomic E-state index is 11.6. The van der Waals surface area contributed by atoms with Gasteiger partial charge in [0.2, 0.25) is 5.91 Å². The molecule has 0 saturated carbocycles. The molecule has 0 spiro atoms. The number of nitrogens with two attached hydrogens (primary N) is 1. The van der Waals surface area contributed by atoms with E-state index in [9.17, 15) is 14.4 Å². The van der Waals surface area contributed by atoms with Gasteiger partial charge in [-0.05, 0) is 18.4 Å². The zero-order valence-electron chi connectivity index (χ0n) is 9.88. The van der Waals surface area contributed by atoms with Gasteiger partial charge in [-0.3, -0.25) is 14.5 Å². The van der Waals surface area contributed by atoms with Crippen LogP contribution < -0.4 is 5.73 Å². The molecule has 18 heavy (non-hydrogen) atoms. The highest BCUT2D eigenvalue weighted by Gasteiger charge is 2.50. The largest absolute Gasteiger partial charge is 0.477 e. The van der Waals surface area contributed by atoms with E-state index in [-0.39, 0.29) is 18.3 Å². The average Bonchev–Trinajstić information content (AvgIpc) is 2.33. The van der Waals surface area contributed by atoms with Crippen molar-refractivity contribution in [2.75, 3.05) is 6.61 Å². The minimum absolute atomic E-state index is 0.0841. The van der Waals surface area contributed by atoms with Crippen LogP contribution in [0.15, 0.2) is 11.3 Å². The van der Waals surface area contributed by atoms with Crippen molar-refractivity contribution >= 4 is 17.8 Å². The number of fused-ring (bicyclic) bond motifs is 1. The Kier molecular flexibility index (Phi) is 3.08. The van der Waals surface area contributed by atoms with Crippen LogP contribution >= 0.6 is 0 Å². The summed E-state index contributed by atoms with van der Waals surface area (Å²) in [5.41, 5.74) is 5.98. The number of nitrogens with zero attached hydrogens (tertiary/aromatic N) is 1. The summed E-state index contributed by atoms with van der Waals surface area (Å²) in [6, 6.07) is -0.862. The standard InChI is InChI=1S/C11H14N2O5/c1-5(14)18-4-6-2-3-7-8(12)10(15)13(7)9(6)11(16)17/h7-8H,2-4,12H2,1H3,(H,16,17). The molecule has 0 aromatic rings. The lowest BCUT2D eigenvalue weighted by molar-refractivity contribution is -0.153. The maximum absolute atomic E-state index is 11.6. The summed E-state index contributed by atoms with van der Waals surface area (Å²) in [4.78, 5) is 34.8. The van der Waals surface area contributed by atoms with Crippen molar-refractivity contribution in [3.8, 4) is 0 Å². The molecule has 1 saturated heterocycles. The molecule has 98 valence electrons. The Labute approximate surface area is 103 Å². The number of hydrogen-bond donors (Lipinski definition) is 2. The second-order valence-electron chi connectivity index (χ2n) is 4.38. The van der Waals surface area contributed by atoms with E-state index < -0.39 is 23.9 Å². The molecular formula is C11H14N2O5. The van der Waals surface area contributed by atoms with Crippen LogP contribution in [0.3, 0.4) is 0 Å². The summed E-state index contributed by atoms with van der Waals surface area (Å²) in [6.07, 6.45) is 1.07. The van der Waals surface area contributed by atoms with Crippen LogP contribution in [-0.2, 0) is 19.1 Å². The average molecular weight is 254 g/mol. The van der Waals surface area contributed by atoms with Gasteiger partial charge in [0.15, 0.2) is 0 Å². The summed E-state index contributed by atoms with van der Waals surface area (Å²) in [7, 11) is 0. The van der Waals surface area contributed by atoms with E-state index >= 15 is 0 Å². The second kappa shape index (κ2) is 4.41. The molecule has 1 amide bonds. The van der Waals surface area contributed by atoms with Crippen molar-refractivity contribution in [3.63, 3.8) is 0 Å². The first-order valence-electron chi connectivity index (χ1n) is 5.60. The molecule has 2 aliphatic heterocycles. The Morgan fingerprint density at radius 1 is 1.56 bits per heavy atom. The van der Waals surface area contributed by atoms with Crippen molar-refractivity contribution in [2.24, 2.45) is 5.73 Å². The topological polar surface area (TPSA) is 110 Å². The van der Waals surface area contributed by atoms with E-state index in [0.717, 1.165) is 0 Å². The van der Waals surface area contributed by atoms with Crippen LogP contribution in [0, 0.1) is 0 Å². The number of aliphatic carboxylic acids is 1. The van der Waals surface area contributed by atoms with Crippen molar-refractivity contribution in [2.45, 2.75) is 31.8 Å². The maximum Gasteiger partial charge on any atom is 0.352 e. The van der Waals surface area contributed by atoms with Crippen molar-refractivity contribution in [1.29, 1.82) is 0 Å². The van der Waals surface area contributed by atoms with Crippen molar-refractivity contribution < 1.29 is 24.2 Å². The predicted octanol–water partition coefficient (Wildman–Crippen LogP) is -0.780. The normalized spacial score (nSPS) is 26.6. The Balaban J connectivity index is 2.26. The zero-order valence-corrected chi connectivity index (χ0v) is 9.88. The lowest BCUT2D eigenvalue weighted by Gasteiger charge is -2.48. The van der Waals surface area contributed by atoms with E-state index in [2.05, 4.69) is 0 Å². The molecule has 3 N–H and O–H groups in total. The Morgan fingerprint density at radius 2 is 2.22 bits per heavy atom. The first-order chi connectivity index (χ1) is 8.43. The molecule has 7 nitrogen and oxygen atoms in total. The van der Waals surface area contributed by atoms with E-state index in [1.54, 1.807) is 0 Å². The summed E-state index contributed by atoms with van der Waals surface area (Å²) in [6.45, 7) is 1.15. The number of carbonyl (C=O) groups is 3. The van der Waals surface area contributed by atoms with Crippen LogP contribution in [-0.4, -0.2) is 46.5 Å². The SMILES string of the molecule is CC(=O)OCC1=C(C(=O)O)N2C(=O)C(N)C2CC1. The number of ether oxygens (including phenoxy) is 1. The van der Waals surface area contributed by atoms with Gasteiger partial charge in [-0.2, -0.15) is 0 Å². The molecule has 1 fully saturated rings. The molecule has 7 heteroatoms. The first-order valence-corrected chi connectivity index (χ1v) is 5.60. The zero-order chi connectivity index (χ0) is 13.4. The smallest absolute Gasteiger partial charge is 0.352 e. The fraction of sp³-hybridized carbons (Fsp3) is 0.545. The van der Waals surface area contributed by atoms with Gasteiger partial charge in [0, 0.05) is 6.92 Å². The summed E-state index contributed by atoms with van der Waals surface area (Å²) in [5.74, 6) is -2.07. The summed E-state index contributed by atoms with van der Waals surface area (Å²) < 4.78 is 4.80. The molecular weight excluding hydrogens is 240 g/mol.